The molecule has 0 fully saturated rings. The van der Waals surface area contributed by atoms with E-state index >= 15 is 0 Å². The quantitative estimate of drug-likeness (QED) is 0.844. The Balaban J connectivity index is 1.87. The number of nitrogens with zero attached hydrogens (tertiary/aromatic N) is 2. The molecule has 5 nitrogen and oxygen atoms in total. The summed E-state index contributed by atoms with van der Waals surface area (Å²) in [5.74, 6) is 1.92. The summed E-state index contributed by atoms with van der Waals surface area (Å²) >= 11 is 0. The van der Waals surface area contributed by atoms with Gasteiger partial charge in [0, 0.05) is 30.7 Å². The maximum absolute atomic E-state index is 10.4. The van der Waals surface area contributed by atoms with Gasteiger partial charge in [-0.05, 0) is 42.9 Å². The van der Waals surface area contributed by atoms with Crippen molar-refractivity contribution in [2.45, 2.75) is 65.0 Å². The minimum atomic E-state index is -0.145. The summed E-state index contributed by atoms with van der Waals surface area (Å²) in [6.45, 7) is 7.31. The highest BCUT2D eigenvalue weighted by Gasteiger charge is 2.20. The smallest absolute Gasteiger partial charge is 0.136 e. The number of benzene rings is 1. The Bertz CT molecular complexity index is 782. The van der Waals surface area contributed by atoms with Gasteiger partial charge in [0.05, 0.1) is 12.3 Å². The second kappa shape index (κ2) is 7.62. The number of aromatic hydroxyl groups is 1. The van der Waals surface area contributed by atoms with E-state index < -0.39 is 0 Å². The van der Waals surface area contributed by atoms with Crippen molar-refractivity contribution < 1.29 is 9.84 Å². The third-order valence-electron chi connectivity index (χ3n) is 4.81. The molecule has 0 bridgehead atoms. The van der Waals surface area contributed by atoms with Gasteiger partial charge < -0.3 is 15.2 Å². The van der Waals surface area contributed by atoms with Gasteiger partial charge in [-0.25, -0.2) is 9.97 Å². The Hall–Kier alpha value is -2.14. The molecule has 1 heterocycles. The van der Waals surface area contributed by atoms with Crippen LogP contribution in [0.4, 0.5) is 5.82 Å². The number of hydrogen-bond donors (Lipinski definition) is 2. The van der Waals surface area contributed by atoms with Gasteiger partial charge in [-0.3, -0.25) is 0 Å². The number of methoxy groups -OCH3 is 1. The van der Waals surface area contributed by atoms with Crippen LogP contribution in [-0.4, -0.2) is 22.2 Å². The zero-order chi connectivity index (χ0) is 18.7. The third-order valence-corrected chi connectivity index (χ3v) is 4.81. The Morgan fingerprint density at radius 1 is 1.15 bits per heavy atom. The van der Waals surface area contributed by atoms with Crippen LogP contribution in [0.15, 0.2) is 18.2 Å². The largest absolute Gasteiger partial charge is 0.508 e. The summed E-state index contributed by atoms with van der Waals surface area (Å²) in [7, 11) is 1.67. The van der Waals surface area contributed by atoms with Crippen LogP contribution in [0.5, 0.6) is 5.75 Å². The first-order valence-corrected chi connectivity index (χ1v) is 9.32. The fraction of sp³-hybridized carbons (Fsp3) is 0.524. The normalized spacial score (nSPS) is 14.2. The highest BCUT2D eigenvalue weighted by atomic mass is 16.5. The van der Waals surface area contributed by atoms with E-state index in [0.717, 1.165) is 35.7 Å². The highest BCUT2D eigenvalue weighted by Crippen LogP contribution is 2.31. The first-order valence-electron chi connectivity index (χ1n) is 9.32. The van der Waals surface area contributed by atoms with E-state index in [0.29, 0.717) is 18.9 Å². The van der Waals surface area contributed by atoms with Crippen molar-refractivity contribution in [3.63, 3.8) is 0 Å². The molecule has 0 amide bonds. The number of rotatable bonds is 5. The molecule has 3 rings (SSSR count). The van der Waals surface area contributed by atoms with E-state index in [9.17, 15) is 5.11 Å². The fourth-order valence-electron chi connectivity index (χ4n) is 3.41. The van der Waals surface area contributed by atoms with Crippen LogP contribution in [0, 0.1) is 0 Å². The minimum Gasteiger partial charge on any atom is -0.508 e. The standard InChI is InChI=1S/C21H29N3O2/c1-21(2,3)20-23-15(13-26-4)11-19(24-20)22-12-17-16-8-6-5-7-14(16)9-10-18(17)25/h9-11,25H,5-8,12-13H2,1-4H3,(H,22,23,24). The predicted molar refractivity (Wildman–Crippen MR) is 104 cm³/mol. The van der Waals surface area contributed by atoms with Crippen molar-refractivity contribution in [2.75, 3.05) is 12.4 Å². The van der Waals surface area contributed by atoms with Crippen LogP contribution in [0.1, 0.15) is 61.8 Å². The molecule has 0 unspecified atom stereocenters. The van der Waals surface area contributed by atoms with Crippen molar-refractivity contribution in [1.82, 2.24) is 9.97 Å². The number of phenols is 1. The second-order valence-electron chi connectivity index (χ2n) is 8.01. The molecule has 0 saturated heterocycles. The van der Waals surface area contributed by atoms with Gasteiger partial charge in [0.25, 0.3) is 0 Å². The minimum absolute atomic E-state index is 0.145. The fourth-order valence-corrected chi connectivity index (χ4v) is 3.41. The Kier molecular flexibility index (Phi) is 5.47. The molecule has 0 aliphatic heterocycles. The van der Waals surface area contributed by atoms with Gasteiger partial charge in [0.2, 0.25) is 0 Å². The van der Waals surface area contributed by atoms with Gasteiger partial charge in [-0.1, -0.05) is 26.8 Å². The summed E-state index contributed by atoms with van der Waals surface area (Å²) in [6.07, 6.45) is 4.55. The highest BCUT2D eigenvalue weighted by molar-refractivity contribution is 5.48. The number of fused-ring (bicyclic) bond motifs is 1. The summed E-state index contributed by atoms with van der Waals surface area (Å²) < 4.78 is 5.25. The van der Waals surface area contributed by atoms with E-state index in [1.165, 1.54) is 24.0 Å². The number of nitrogens with one attached hydrogen (secondary N) is 1. The topological polar surface area (TPSA) is 67.3 Å². The van der Waals surface area contributed by atoms with Gasteiger partial charge >= 0.3 is 0 Å². The van der Waals surface area contributed by atoms with Crippen molar-refractivity contribution >= 4 is 5.82 Å². The molecule has 1 aliphatic carbocycles. The Morgan fingerprint density at radius 3 is 2.65 bits per heavy atom. The van der Waals surface area contributed by atoms with Crippen molar-refractivity contribution in [3.05, 3.63) is 46.4 Å². The predicted octanol–water partition coefficient (Wildman–Crippen LogP) is 4.12. The molecule has 1 aromatic carbocycles. The van der Waals surface area contributed by atoms with Crippen LogP contribution < -0.4 is 5.32 Å². The van der Waals surface area contributed by atoms with E-state index in [4.69, 9.17) is 4.74 Å². The molecule has 5 heteroatoms. The zero-order valence-corrected chi connectivity index (χ0v) is 16.2. The zero-order valence-electron chi connectivity index (χ0n) is 16.2. The summed E-state index contributed by atoms with van der Waals surface area (Å²) in [5.41, 5.74) is 4.37. The van der Waals surface area contributed by atoms with Crippen LogP contribution in [0.2, 0.25) is 0 Å². The molecule has 2 aromatic rings. The average molecular weight is 355 g/mol. The summed E-state index contributed by atoms with van der Waals surface area (Å²) in [5, 5.41) is 13.8. The van der Waals surface area contributed by atoms with Crippen molar-refractivity contribution in [2.24, 2.45) is 0 Å². The molecule has 140 valence electrons. The molecular weight excluding hydrogens is 326 g/mol. The van der Waals surface area contributed by atoms with Gasteiger partial charge in [0.1, 0.15) is 17.4 Å². The first kappa shape index (κ1) is 18.6. The molecule has 0 spiro atoms. The molecule has 0 radical (unpaired) electrons. The van der Waals surface area contributed by atoms with Crippen molar-refractivity contribution in [1.29, 1.82) is 0 Å². The molecule has 1 aliphatic rings. The van der Waals surface area contributed by atoms with E-state index in [2.05, 4.69) is 42.1 Å². The molecule has 2 N–H and O–H groups in total. The maximum Gasteiger partial charge on any atom is 0.136 e. The van der Waals surface area contributed by atoms with Gasteiger partial charge in [-0.2, -0.15) is 0 Å². The van der Waals surface area contributed by atoms with Gasteiger partial charge in [-0.15, -0.1) is 0 Å². The number of ether oxygens (including phenoxy) is 1. The van der Waals surface area contributed by atoms with Crippen LogP contribution in [-0.2, 0) is 36.1 Å². The lowest BCUT2D eigenvalue weighted by Gasteiger charge is -2.22. The lowest BCUT2D eigenvalue weighted by molar-refractivity contribution is 0.181. The molecule has 26 heavy (non-hydrogen) atoms. The SMILES string of the molecule is COCc1cc(NCc2c(O)ccc3c2CCCC3)nc(C(C)(C)C)n1. The second-order valence-corrected chi connectivity index (χ2v) is 8.01. The van der Waals surface area contributed by atoms with Crippen LogP contribution >= 0.6 is 0 Å². The average Bonchev–Trinajstić information content (AvgIpc) is 2.60. The van der Waals surface area contributed by atoms with E-state index in [1.54, 1.807) is 7.11 Å². The molecule has 0 saturated carbocycles. The van der Waals surface area contributed by atoms with E-state index in [-0.39, 0.29) is 5.41 Å². The molecule has 1 aromatic heterocycles. The lowest BCUT2D eigenvalue weighted by atomic mass is 9.88. The third kappa shape index (κ3) is 4.15. The molecule has 0 atom stereocenters. The maximum atomic E-state index is 10.4. The Labute approximate surface area is 155 Å². The van der Waals surface area contributed by atoms with Gasteiger partial charge in [0.15, 0.2) is 0 Å². The number of aromatic nitrogens is 2. The summed E-state index contributed by atoms with van der Waals surface area (Å²) in [4.78, 5) is 9.30. The van der Waals surface area contributed by atoms with Crippen molar-refractivity contribution in [3.8, 4) is 5.75 Å². The lowest BCUT2D eigenvalue weighted by Crippen LogP contribution is -2.19. The van der Waals surface area contributed by atoms with Crippen LogP contribution in [0.25, 0.3) is 0 Å². The Morgan fingerprint density at radius 2 is 1.92 bits per heavy atom. The van der Waals surface area contributed by atoms with Crippen LogP contribution in [0.3, 0.4) is 0 Å². The number of phenolic OH excluding ortho intramolecular Hbond substituents is 1. The monoisotopic (exact) mass is 355 g/mol. The number of hydrogen-bond acceptors (Lipinski definition) is 5. The summed E-state index contributed by atoms with van der Waals surface area (Å²) in [6, 6.07) is 5.80. The van der Waals surface area contributed by atoms with E-state index in [1.807, 2.05) is 12.1 Å². The first-order chi connectivity index (χ1) is 12.4. The molecular formula is C21H29N3O2. The number of anilines is 1. The number of aryl methyl sites for hydroxylation is 1.